The van der Waals surface area contributed by atoms with Crippen molar-refractivity contribution in [2.45, 2.75) is 12.1 Å². The van der Waals surface area contributed by atoms with Crippen molar-refractivity contribution in [3.8, 4) is 17.1 Å². The largest absolute Gasteiger partial charge is 0.522 e. The summed E-state index contributed by atoms with van der Waals surface area (Å²) in [7, 11) is 1.74. The van der Waals surface area contributed by atoms with E-state index in [-0.39, 0.29) is 43.6 Å². The van der Waals surface area contributed by atoms with E-state index in [0.29, 0.717) is 27.7 Å². The summed E-state index contributed by atoms with van der Waals surface area (Å²) in [5.41, 5.74) is 1.88. The molecule has 103 valence electrons. The minimum absolute atomic E-state index is 0. The molecule has 0 aliphatic rings. The Labute approximate surface area is 147 Å². The van der Waals surface area contributed by atoms with E-state index in [1.807, 2.05) is 0 Å². The van der Waals surface area contributed by atoms with Crippen LogP contribution in [0, 0.1) is 13.8 Å². The van der Waals surface area contributed by atoms with Gasteiger partial charge in [0.05, 0.1) is 0 Å². The van der Waals surface area contributed by atoms with Crippen LogP contribution in [-0.4, -0.2) is 25.0 Å². The molecule has 0 atom stereocenters. The molecular formula is C13H13N3O2SY-2. The van der Waals surface area contributed by atoms with Gasteiger partial charge in [0.2, 0.25) is 0 Å². The average molecular weight is 364 g/mol. The van der Waals surface area contributed by atoms with Crippen LogP contribution in [0.1, 0.15) is 18.1 Å². The Bertz CT molecular complexity index is 655. The zero-order chi connectivity index (χ0) is 14.2. The predicted molar refractivity (Wildman–Crippen MR) is 73.6 cm³/mol. The Kier molecular flexibility index (Phi) is 5.68. The summed E-state index contributed by atoms with van der Waals surface area (Å²) >= 11 is 0.995. The normalized spacial score (nSPS) is 10.1. The number of hydrogen-bond acceptors (Lipinski definition) is 5. The molecule has 0 aliphatic carbocycles. The Morgan fingerprint density at radius 3 is 2.50 bits per heavy atom. The van der Waals surface area contributed by atoms with Gasteiger partial charge in [0.15, 0.2) is 16.1 Å². The van der Waals surface area contributed by atoms with E-state index in [9.17, 15) is 9.90 Å². The van der Waals surface area contributed by atoms with Crippen LogP contribution in [0.3, 0.4) is 0 Å². The molecule has 1 aromatic carbocycles. The van der Waals surface area contributed by atoms with Crippen LogP contribution in [0.5, 0.6) is 5.75 Å². The van der Waals surface area contributed by atoms with Crippen molar-refractivity contribution in [2.75, 3.05) is 0 Å². The van der Waals surface area contributed by atoms with Crippen LogP contribution in [0.4, 0.5) is 0 Å². The van der Waals surface area contributed by atoms with Crippen molar-refractivity contribution in [3.05, 3.63) is 37.1 Å². The third-order valence-electron chi connectivity index (χ3n) is 2.63. The van der Waals surface area contributed by atoms with Crippen LogP contribution in [0.15, 0.2) is 17.3 Å². The Morgan fingerprint density at radius 1 is 1.30 bits per heavy atom. The number of carbonyl (C=O) groups is 1. The quantitative estimate of drug-likeness (QED) is 0.654. The van der Waals surface area contributed by atoms with E-state index in [4.69, 9.17) is 0 Å². The van der Waals surface area contributed by atoms with Gasteiger partial charge in [-0.25, -0.2) is 6.07 Å². The number of phenolic OH excluding ortho intramolecular Hbond substituents is 1. The molecule has 0 unspecified atom stereocenters. The fourth-order valence-electron chi connectivity index (χ4n) is 1.62. The number of aromatic nitrogens is 3. The van der Waals surface area contributed by atoms with Gasteiger partial charge in [0, 0.05) is 52.4 Å². The van der Waals surface area contributed by atoms with Gasteiger partial charge in [-0.05, 0) is 17.3 Å². The summed E-state index contributed by atoms with van der Waals surface area (Å²) in [6, 6.07) is 3.23. The fraction of sp³-hybridized carbons (Fsp3) is 0.154. The van der Waals surface area contributed by atoms with Gasteiger partial charge in [-0.2, -0.15) is 6.07 Å². The van der Waals surface area contributed by atoms with Crippen LogP contribution >= 0.6 is 11.8 Å². The second-order valence-corrected chi connectivity index (χ2v) is 5.24. The SMILES string of the molecule is [CH2-]c1cc(O)c(-c2nnc(SC(C)=O)n2C)cc1[CH2-].[Y]. The molecule has 7 heteroatoms. The molecule has 20 heavy (non-hydrogen) atoms. The molecule has 5 nitrogen and oxygen atoms in total. The first-order chi connectivity index (χ1) is 8.90. The van der Waals surface area contributed by atoms with Crippen LogP contribution in [0.2, 0.25) is 0 Å². The van der Waals surface area contributed by atoms with Gasteiger partial charge in [-0.15, -0.1) is 10.2 Å². The molecule has 1 aromatic heterocycles. The Morgan fingerprint density at radius 2 is 1.90 bits per heavy atom. The first-order valence-electron chi connectivity index (χ1n) is 5.49. The minimum atomic E-state index is -0.0720. The molecule has 0 saturated heterocycles. The number of hydrogen-bond donors (Lipinski definition) is 1. The molecule has 0 spiro atoms. The van der Waals surface area contributed by atoms with Gasteiger partial charge >= 0.3 is 0 Å². The van der Waals surface area contributed by atoms with Crippen molar-refractivity contribution in [1.82, 2.24) is 14.8 Å². The summed E-state index contributed by atoms with van der Waals surface area (Å²) in [5.74, 6) is 0.540. The van der Waals surface area contributed by atoms with Gasteiger partial charge in [0.25, 0.3) is 0 Å². The van der Waals surface area contributed by atoms with Crippen LogP contribution in [0.25, 0.3) is 11.4 Å². The third-order valence-corrected chi connectivity index (χ3v) is 3.45. The molecule has 2 rings (SSSR count). The van der Waals surface area contributed by atoms with Crippen LogP contribution in [-0.2, 0) is 44.6 Å². The first kappa shape index (κ1) is 17.1. The summed E-state index contributed by atoms with van der Waals surface area (Å²) in [4.78, 5) is 11.1. The number of rotatable bonds is 2. The van der Waals surface area contributed by atoms with E-state index < -0.39 is 0 Å². The van der Waals surface area contributed by atoms with Crippen molar-refractivity contribution >= 4 is 16.9 Å². The molecule has 0 fully saturated rings. The predicted octanol–water partition coefficient (Wildman–Crippen LogP) is 2.19. The van der Waals surface area contributed by atoms with E-state index >= 15 is 0 Å². The van der Waals surface area contributed by atoms with Gasteiger partial charge < -0.3 is 9.67 Å². The summed E-state index contributed by atoms with van der Waals surface area (Å²) in [6.07, 6.45) is 0. The van der Waals surface area contributed by atoms with E-state index in [1.54, 1.807) is 17.7 Å². The number of benzene rings is 1. The third kappa shape index (κ3) is 3.37. The Hall–Kier alpha value is -0.976. The van der Waals surface area contributed by atoms with Gasteiger partial charge in [0.1, 0.15) is 0 Å². The second kappa shape index (κ2) is 6.65. The zero-order valence-corrected chi connectivity index (χ0v) is 14.9. The van der Waals surface area contributed by atoms with Crippen molar-refractivity contribution in [1.29, 1.82) is 0 Å². The molecule has 0 aliphatic heterocycles. The van der Waals surface area contributed by atoms with E-state index in [0.717, 1.165) is 11.8 Å². The molecule has 1 heterocycles. The molecule has 0 bridgehead atoms. The van der Waals surface area contributed by atoms with Crippen LogP contribution < -0.4 is 0 Å². The molecular weight excluding hydrogens is 351 g/mol. The number of thioether (sulfide) groups is 1. The van der Waals surface area contributed by atoms with Crippen molar-refractivity contribution < 1.29 is 42.6 Å². The molecule has 0 saturated carbocycles. The zero-order valence-electron chi connectivity index (χ0n) is 11.3. The number of phenols is 1. The van der Waals surface area contributed by atoms with E-state index in [1.165, 1.54) is 13.0 Å². The maximum Gasteiger partial charge on any atom is 0.198 e. The molecule has 2 aromatic rings. The summed E-state index contributed by atoms with van der Waals surface area (Å²) in [6.45, 7) is 9.07. The second-order valence-electron chi connectivity index (χ2n) is 4.10. The summed E-state index contributed by atoms with van der Waals surface area (Å²) in [5, 5.41) is 18.3. The molecule has 1 N–H and O–H groups in total. The first-order valence-corrected chi connectivity index (χ1v) is 6.31. The minimum Gasteiger partial charge on any atom is -0.522 e. The van der Waals surface area contributed by atoms with Gasteiger partial charge in [-0.1, -0.05) is 0 Å². The maximum atomic E-state index is 11.1. The maximum absolute atomic E-state index is 11.1. The average Bonchev–Trinajstić information content (AvgIpc) is 2.65. The molecule has 1 radical (unpaired) electrons. The number of aromatic hydroxyl groups is 1. The number of carbonyl (C=O) groups excluding carboxylic acids is 1. The van der Waals surface area contributed by atoms with Crippen molar-refractivity contribution in [3.63, 3.8) is 0 Å². The number of nitrogens with zero attached hydrogens (tertiary/aromatic N) is 3. The smallest absolute Gasteiger partial charge is 0.198 e. The standard InChI is InChI=1S/C13H13N3O2S.Y/c1-7-5-10(11(18)6-8(7)2)12-14-15-13(16(12)4)19-9(3)17;/h5-6,18H,1-2H2,3-4H3;/q-2;. The topological polar surface area (TPSA) is 68.0 Å². The fourth-order valence-corrected chi connectivity index (χ4v) is 2.18. The summed E-state index contributed by atoms with van der Waals surface area (Å²) < 4.78 is 1.66. The monoisotopic (exact) mass is 364 g/mol. The van der Waals surface area contributed by atoms with E-state index in [2.05, 4.69) is 24.0 Å². The Balaban J connectivity index is 0.00000200. The van der Waals surface area contributed by atoms with Gasteiger partial charge in [-0.3, -0.25) is 29.8 Å². The molecule has 0 amide bonds. The van der Waals surface area contributed by atoms with Crippen molar-refractivity contribution in [2.24, 2.45) is 7.05 Å².